The van der Waals surface area contributed by atoms with Gasteiger partial charge in [-0.15, -0.1) is 0 Å². The van der Waals surface area contributed by atoms with Crippen molar-refractivity contribution < 1.29 is 4.79 Å². The van der Waals surface area contributed by atoms with Gasteiger partial charge in [0.05, 0.1) is 11.3 Å². The van der Waals surface area contributed by atoms with Crippen molar-refractivity contribution in [1.82, 2.24) is 4.90 Å². The van der Waals surface area contributed by atoms with Crippen molar-refractivity contribution in [3.63, 3.8) is 0 Å². The quantitative estimate of drug-likeness (QED) is 0.635. The molecule has 4 nitrogen and oxygen atoms in total. The smallest absolute Gasteiger partial charge is 0.256 e. The number of carbonyl (C=O) groups excluding carboxylic acids is 1. The van der Waals surface area contributed by atoms with Gasteiger partial charge >= 0.3 is 0 Å². The van der Waals surface area contributed by atoms with Crippen molar-refractivity contribution in [2.24, 2.45) is 17.7 Å². The third-order valence-electron chi connectivity index (χ3n) is 3.77. The highest BCUT2D eigenvalue weighted by Gasteiger charge is 2.29. The van der Waals surface area contributed by atoms with Gasteiger partial charge in [-0.3, -0.25) is 10.6 Å². The average molecular weight is 247 g/mol. The molecule has 4 heteroatoms. The third kappa shape index (κ3) is 2.48. The molecule has 1 saturated heterocycles. The Bertz CT molecular complexity index is 431. The lowest BCUT2D eigenvalue weighted by molar-refractivity contribution is 0.0785. The normalized spacial score (nSPS) is 19.3. The van der Waals surface area contributed by atoms with Gasteiger partial charge in [0, 0.05) is 13.1 Å². The van der Waals surface area contributed by atoms with Crippen LogP contribution in [0.1, 0.15) is 30.6 Å². The molecule has 0 spiro atoms. The zero-order chi connectivity index (χ0) is 13.1. The van der Waals surface area contributed by atoms with Crippen molar-refractivity contribution in [3.8, 4) is 0 Å². The van der Waals surface area contributed by atoms with Crippen molar-refractivity contribution in [1.29, 1.82) is 0 Å². The molecule has 0 radical (unpaired) electrons. The van der Waals surface area contributed by atoms with Gasteiger partial charge in [0.25, 0.3) is 5.91 Å². The van der Waals surface area contributed by atoms with Crippen molar-refractivity contribution in [2.45, 2.75) is 20.3 Å². The van der Waals surface area contributed by atoms with E-state index in [1.54, 1.807) is 0 Å². The van der Waals surface area contributed by atoms with E-state index in [1.165, 1.54) is 0 Å². The van der Waals surface area contributed by atoms with Crippen LogP contribution in [-0.4, -0.2) is 23.9 Å². The Hall–Kier alpha value is -1.55. The van der Waals surface area contributed by atoms with Gasteiger partial charge in [-0.25, -0.2) is 0 Å². The highest BCUT2D eigenvalue weighted by atomic mass is 16.2. The number of hydrogen-bond acceptors (Lipinski definition) is 3. The molecule has 1 heterocycles. The Balaban J connectivity index is 2.13. The molecule has 3 N–H and O–H groups in total. The molecule has 1 amide bonds. The SMILES string of the molecule is CC(C)C1CCN(C(=O)c2ccccc2NN)C1. The number of nitrogens with one attached hydrogen (secondary N) is 1. The maximum atomic E-state index is 12.4. The first-order valence-electron chi connectivity index (χ1n) is 6.48. The molecule has 1 unspecified atom stereocenters. The lowest BCUT2D eigenvalue weighted by Crippen LogP contribution is -2.30. The van der Waals surface area contributed by atoms with Crippen LogP contribution in [-0.2, 0) is 0 Å². The van der Waals surface area contributed by atoms with Crippen molar-refractivity contribution >= 4 is 11.6 Å². The fourth-order valence-electron chi connectivity index (χ4n) is 2.48. The first kappa shape index (κ1) is 12.9. The second-order valence-electron chi connectivity index (χ2n) is 5.23. The lowest BCUT2D eigenvalue weighted by atomic mass is 9.95. The minimum absolute atomic E-state index is 0.0756. The van der Waals surface area contributed by atoms with Crippen LogP contribution in [0.25, 0.3) is 0 Å². The molecule has 0 bridgehead atoms. The van der Waals surface area contributed by atoms with E-state index in [2.05, 4.69) is 19.3 Å². The highest BCUT2D eigenvalue weighted by molar-refractivity contribution is 5.99. The fraction of sp³-hybridized carbons (Fsp3) is 0.500. The minimum atomic E-state index is 0.0756. The summed E-state index contributed by atoms with van der Waals surface area (Å²) in [6, 6.07) is 7.38. The standard InChI is InChI=1S/C14H21N3O/c1-10(2)11-7-8-17(9-11)14(18)12-5-3-4-6-13(12)16-15/h3-6,10-11,16H,7-9,15H2,1-2H3. The number of nitrogen functional groups attached to an aromatic ring is 1. The van der Waals surface area contributed by atoms with Gasteiger partial charge in [0.1, 0.15) is 0 Å². The molecule has 1 aliphatic rings. The molecule has 18 heavy (non-hydrogen) atoms. The van der Waals surface area contributed by atoms with Gasteiger partial charge in [0.2, 0.25) is 0 Å². The highest BCUT2D eigenvalue weighted by Crippen LogP contribution is 2.26. The van der Waals surface area contributed by atoms with Gasteiger partial charge in [-0.05, 0) is 30.4 Å². The number of para-hydroxylation sites is 1. The summed E-state index contributed by atoms with van der Waals surface area (Å²) in [5.41, 5.74) is 3.93. The maximum Gasteiger partial charge on any atom is 0.256 e. The number of anilines is 1. The summed E-state index contributed by atoms with van der Waals surface area (Å²) in [6.45, 7) is 6.14. The molecule has 1 fully saturated rings. The third-order valence-corrected chi connectivity index (χ3v) is 3.77. The fourth-order valence-corrected chi connectivity index (χ4v) is 2.48. The second kappa shape index (κ2) is 5.40. The minimum Gasteiger partial charge on any atom is -0.338 e. The van der Waals surface area contributed by atoms with Crippen LogP contribution in [0.3, 0.4) is 0 Å². The summed E-state index contributed by atoms with van der Waals surface area (Å²) in [6.07, 6.45) is 1.10. The van der Waals surface area contributed by atoms with E-state index < -0.39 is 0 Å². The predicted molar refractivity (Wildman–Crippen MR) is 73.1 cm³/mol. The number of hydrogen-bond donors (Lipinski definition) is 2. The maximum absolute atomic E-state index is 12.4. The van der Waals surface area contributed by atoms with Crippen LogP contribution in [0.2, 0.25) is 0 Å². The van der Waals surface area contributed by atoms with Crippen LogP contribution in [0.15, 0.2) is 24.3 Å². The number of rotatable bonds is 3. The summed E-state index contributed by atoms with van der Waals surface area (Å²) >= 11 is 0. The Morgan fingerprint density at radius 1 is 1.44 bits per heavy atom. The zero-order valence-electron chi connectivity index (χ0n) is 11.0. The molecule has 0 aliphatic carbocycles. The Morgan fingerprint density at radius 2 is 2.17 bits per heavy atom. The molecule has 1 aliphatic heterocycles. The number of hydrazine groups is 1. The van der Waals surface area contributed by atoms with E-state index in [-0.39, 0.29) is 5.91 Å². The van der Waals surface area contributed by atoms with Crippen LogP contribution < -0.4 is 11.3 Å². The number of carbonyl (C=O) groups is 1. The van der Waals surface area contributed by atoms with Crippen LogP contribution in [0.5, 0.6) is 0 Å². The first-order valence-corrected chi connectivity index (χ1v) is 6.48. The van der Waals surface area contributed by atoms with E-state index in [4.69, 9.17) is 5.84 Å². The summed E-state index contributed by atoms with van der Waals surface area (Å²) < 4.78 is 0. The van der Waals surface area contributed by atoms with Crippen molar-refractivity contribution in [2.75, 3.05) is 18.5 Å². The van der Waals surface area contributed by atoms with Crippen molar-refractivity contribution in [3.05, 3.63) is 29.8 Å². The monoisotopic (exact) mass is 247 g/mol. The van der Waals surface area contributed by atoms with Gasteiger partial charge in [0.15, 0.2) is 0 Å². The molecule has 1 atom stereocenters. The molecule has 1 aromatic rings. The Morgan fingerprint density at radius 3 is 2.78 bits per heavy atom. The number of nitrogens with two attached hydrogens (primary N) is 1. The Kier molecular flexibility index (Phi) is 3.87. The number of likely N-dealkylation sites (tertiary alicyclic amines) is 1. The van der Waals surface area contributed by atoms with E-state index >= 15 is 0 Å². The van der Waals surface area contributed by atoms with Crippen LogP contribution >= 0.6 is 0 Å². The van der Waals surface area contributed by atoms with Crippen LogP contribution in [0, 0.1) is 11.8 Å². The summed E-state index contributed by atoms with van der Waals surface area (Å²) in [7, 11) is 0. The summed E-state index contributed by atoms with van der Waals surface area (Å²) in [5, 5.41) is 0. The molecular weight excluding hydrogens is 226 g/mol. The van der Waals surface area contributed by atoms with Gasteiger partial charge < -0.3 is 10.3 Å². The summed E-state index contributed by atoms with van der Waals surface area (Å²) in [5.74, 6) is 6.77. The number of amides is 1. The van der Waals surface area contributed by atoms with E-state index in [0.29, 0.717) is 23.1 Å². The topological polar surface area (TPSA) is 58.4 Å². The predicted octanol–water partition coefficient (Wildman–Crippen LogP) is 2.09. The van der Waals surface area contributed by atoms with Gasteiger partial charge in [-0.2, -0.15) is 0 Å². The molecule has 98 valence electrons. The molecule has 2 rings (SSSR count). The lowest BCUT2D eigenvalue weighted by Gasteiger charge is -2.19. The largest absolute Gasteiger partial charge is 0.338 e. The van der Waals surface area contributed by atoms with E-state index in [1.807, 2.05) is 29.2 Å². The molecule has 0 saturated carbocycles. The molecule has 1 aromatic carbocycles. The first-order chi connectivity index (χ1) is 8.63. The van der Waals surface area contributed by atoms with Gasteiger partial charge in [-0.1, -0.05) is 26.0 Å². The summed E-state index contributed by atoms with van der Waals surface area (Å²) in [4.78, 5) is 14.4. The molecular formula is C14H21N3O. The molecule has 0 aromatic heterocycles. The van der Waals surface area contributed by atoms with Crippen LogP contribution in [0.4, 0.5) is 5.69 Å². The Labute approximate surface area is 108 Å². The number of nitrogens with zero attached hydrogens (tertiary/aromatic N) is 1. The van der Waals surface area contributed by atoms with E-state index in [0.717, 1.165) is 19.5 Å². The zero-order valence-corrected chi connectivity index (χ0v) is 11.0. The van der Waals surface area contributed by atoms with E-state index in [9.17, 15) is 4.79 Å². The number of benzene rings is 1. The second-order valence-corrected chi connectivity index (χ2v) is 5.23. The average Bonchev–Trinajstić information content (AvgIpc) is 2.87.